The second-order valence-electron chi connectivity index (χ2n) is 4.74. The van der Waals surface area contributed by atoms with E-state index in [4.69, 9.17) is 0 Å². The molecular weight excluding hydrogens is 250 g/mol. The van der Waals surface area contributed by atoms with Crippen molar-refractivity contribution in [2.24, 2.45) is 0 Å². The molecule has 1 heterocycles. The van der Waals surface area contributed by atoms with Gasteiger partial charge in [0, 0.05) is 44.7 Å². The van der Waals surface area contributed by atoms with Crippen LogP contribution in [0, 0.1) is 11.6 Å². The summed E-state index contributed by atoms with van der Waals surface area (Å²) in [4.78, 5) is 15.5. The van der Waals surface area contributed by atoms with Crippen molar-refractivity contribution >= 4 is 5.91 Å². The standard InChI is InChI=1S/C14H18F2N2O/c1-2-18-8-7-17(6-5-14(18)19)10-11-9-12(15)3-4-13(11)16/h3-4,9H,2,5-8,10H2,1H3. The van der Waals surface area contributed by atoms with E-state index in [2.05, 4.69) is 0 Å². The molecule has 1 aromatic carbocycles. The van der Waals surface area contributed by atoms with Crippen LogP contribution >= 0.6 is 0 Å². The molecule has 1 aromatic rings. The fourth-order valence-electron chi connectivity index (χ4n) is 2.31. The number of nitrogens with zero attached hydrogens (tertiary/aromatic N) is 2. The van der Waals surface area contributed by atoms with Gasteiger partial charge in [0.15, 0.2) is 0 Å². The molecule has 0 bridgehead atoms. The Morgan fingerprint density at radius 2 is 2.00 bits per heavy atom. The highest BCUT2D eigenvalue weighted by atomic mass is 19.1. The number of carbonyl (C=O) groups excluding carboxylic acids is 1. The van der Waals surface area contributed by atoms with E-state index in [1.54, 1.807) is 4.90 Å². The maximum atomic E-state index is 13.6. The largest absolute Gasteiger partial charge is 0.342 e. The Kier molecular flexibility index (Phi) is 4.47. The molecule has 0 aromatic heterocycles. The van der Waals surface area contributed by atoms with Gasteiger partial charge in [0.1, 0.15) is 11.6 Å². The highest BCUT2D eigenvalue weighted by Crippen LogP contribution is 2.14. The lowest BCUT2D eigenvalue weighted by molar-refractivity contribution is -0.130. The summed E-state index contributed by atoms with van der Waals surface area (Å²) in [5.41, 5.74) is 0.345. The molecule has 1 fully saturated rings. The number of hydrogen-bond acceptors (Lipinski definition) is 2. The van der Waals surface area contributed by atoms with Crippen LogP contribution in [0.4, 0.5) is 8.78 Å². The summed E-state index contributed by atoms with van der Waals surface area (Å²) < 4.78 is 26.7. The van der Waals surface area contributed by atoms with E-state index in [1.807, 2.05) is 11.8 Å². The molecule has 0 N–H and O–H groups in total. The summed E-state index contributed by atoms with van der Waals surface area (Å²) in [6.07, 6.45) is 0.435. The van der Waals surface area contributed by atoms with Gasteiger partial charge >= 0.3 is 0 Å². The van der Waals surface area contributed by atoms with Crippen LogP contribution in [0.2, 0.25) is 0 Å². The van der Waals surface area contributed by atoms with Crippen LogP contribution in [0.15, 0.2) is 18.2 Å². The Bertz CT molecular complexity index is 465. The van der Waals surface area contributed by atoms with Crippen LogP contribution in [0.1, 0.15) is 18.9 Å². The lowest BCUT2D eigenvalue weighted by Gasteiger charge is -2.21. The zero-order valence-corrected chi connectivity index (χ0v) is 11.0. The quantitative estimate of drug-likeness (QED) is 0.837. The summed E-state index contributed by atoms with van der Waals surface area (Å²) in [7, 11) is 0. The van der Waals surface area contributed by atoms with Gasteiger partial charge in [-0.2, -0.15) is 0 Å². The molecule has 0 unspecified atom stereocenters. The molecule has 3 nitrogen and oxygen atoms in total. The highest BCUT2D eigenvalue weighted by Gasteiger charge is 2.20. The van der Waals surface area contributed by atoms with Gasteiger partial charge < -0.3 is 4.90 Å². The van der Waals surface area contributed by atoms with Crippen molar-refractivity contribution in [3.05, 3.63) is 35.4 Å². The molecular formula is C14H18F2N2O. The van der Waals surface area contributed by atoms with Gasteiger partial charge in [-0.05, 0) is 25.1 Å². The average molecular weight is 268 g/mol. The molecule has 1 aliphatic heterocycles. The number of hydrogen-bond donors (Lipinski definition) is 0. The second-order valence-corrected chi connectivity index (χ2v) is 4.74. The molecule has 0 saturated carbocycles. The lowest BCUT2D eigenvalue weighted by atomic mass is 10.2. The predicted octanol–water partition coefficient (Wildman–Crippen LogP) is 2.02. The molecule has 1 saturated heterocycles. The minimum Gasteiger partial charge on any atom is -0.342 e. The van der Waals surface area contributed by atoms with E-state index in [9.17, 15) is 13.6 Å². The van der Waals surface area contributed by atoms with E-state index in [-0.39, 0.29) is 5.91 Å². The van der Waals surface area contributed by atoms with Crippen LogP contribution in [-0.2, 0) is 11.3 Å². The maximum absolute atomic E-state index is 13.6. The SMILES string of the molecule is CCN1CCN(Cc2cc(F)ccc2F)CCC1=O. The fraction of sp³-hybridized carbons (Fsp3) is 0.500. The number of benzene rings is 1. The Morgan fingerprint density at radius 1 is 1.21 bits per heavy atom. The number of halogens is 2. The zero-order valence-electron chi connectivity index (χ0n) is 11.0. The van der Waals surface area contributed by atoms with Crippen LogP contribution in [0.5, 0.6) is 0 Å². The van der Waals surface area contributed by atoms with Crippen LogP contribution < -0.4 is 0 Å². The lowest BCUT2D eigenvalue weighted by Crippen LogP contribution is -2.32. The van der Waals surface area contributed by atoms with E-state index in [0.29, 0.717) is 44.7 Å². The molecule has 0 radical (unpaired) electrons. The van der Waals surface area contributed by atoms with Crippen molar-refractivity contribution in [3.8, 4) is 0 Å². The number of carbonyl (C=O) groups is 1. The third-order valence-electron chi connectivity index (χ3n) is 3.46. The van der Waals surface area contributed by atoms with Crippen molar-refractivity contribution in [3.63, 3.8) is 0 Å². The summed E-state index contributed by atoms with van der Waals surface area (Å²) in [6, 6.07) is 3.48. The monoisotopic (exact) mass is 268 g/mol. The minimum absolute atomic E-state index is 0.129. The molecule has 2 rings (SSSR count). The van der Waals surface area contributed by atoms with Crippen molar-refractivity contribution < 1.29 is 13.6 Å². The number of likely N-dealkylation sites (N-methyl/N-ethyl adjacent to an activating group) is 1. The topological polar surface area (TPSA) is 23.6 Å². The Hall–Kier alpha value is -1.49. The highest BCUT2D eigenvalue weighted by molar-refractivity contribution is 5.76. The Balaban J connectivity index is 2.03. The number of amides is 1. The predicted molar refractivity (Wildman–Crippen MR) is 68.5 cm³/mol. The molecule has 5 heteroatoms. The molecule has 0 atom stereocenters. The first-order valence-corrected chi connectivity index (χ1v) is 6.54. The first-order chi connectivity index (χ1) is 9.10. The summed E-state index contributed by atoms with van der Waals surface area (Å²) in [6.45, 7) is 4.91. The van der Waals surface area contributed by atoms with Crippen molar-refractivity contribution in [1.82, 2.24) is 9.80 Å². The molecule has 0 aliphatic carbocycles. The van der Waals surface area contributed by atoms with E-state index >= 15 is 0 Å². The fourth-order valence-corrected chi connectivity index (χ4v) is 2.31. The van der Waals surface area contributed by atoms with Crippen LogP contribution in [-0.4, -0.2) is 41.9 Å². The molecule has 19 heavy (non-hydrogen) atoms. The minimum atomic E-state index is -0.433. The van der Waals surface area contributed by atoms with Crippen LogP contribution in [0.25, 0.3) is 0 Å². The van der Waals surface area contributed by atoms with Crippen molar-refractivity contribution in [2.75, 3.05) is 26.2 Å². The van der Waals surface area contributed by atoms with E-state index in [1.165, 1.54) is 6.07 Å². The summed E-state index contributed by atoms with van der Waals surface area (Å²) in [5.74, 6) is -0.702. The molecule has 104 valence electrons. The van der Waals surface area contributed by atoms with Crippen molar-refractivity contribution in [2.45, 2.75) is 19.9 Å². The molecule has 1 aliphatic rings. The second kappa shape index (κ2) is 6.10. The molecule has 0 spiro atoms. The van der Waals surface area contributed by atoms with E-state index < -0.39 is 11.6 Å². The Labute approximate surface area is 111 Å². The normalized spacial score (nSPS) is 17.6. The van der Waals surface area contributed by atoms with Gasteiger partial charge in [0.05, 0.1) is 0 Å². The molecule has 1 amide bonds. The average Bonchev–Trinajstić information content (AvgIpc) is 2.56. The number of rotatable bonds is 3. The van der Waals surface area contributed by atoms with Crippen LogP contribution in [0.3, 0.4) is 0 Å². The van der Waals surface area contributed by atoms with Crippen molar-refractivity contribution in [1.29, 1.82) is 0 Å². The smallest absolute Gasteiger partial charge is 0.223 e. The van der Waals surface area contributed by atoms with Gasteiger partial charge in [-0.15, -0.1) is 0 Å². The van der Waals surface area contributed by atoms with Gasteiger partial charge in [-0.3, -0.25) is 9.69 Å². The van der Waals surface area contributed by atoms with Gasteiger partial charge in [0.25, 0.3) is 0 Å². The third-order valence-corrected chi connectivity index (χ3v) is 3.46. The summed E-state index contributed by atoms with van der Waals surface area (Å²) in [5, 5.41) is 0. The third kappa shape index (κ3) is 3.50. The van der Waals surface area contributed by atoms with Gasteiger partial charge in [-0.1, -0.05) is 0 Å². The van der Waals surface area contributed by atoms with Gasteiger partial charge in [-0.25, -0.2) is 8.78 Å². The Morgan fingerprint density at radius 3 is 2.74 bits per heavy atom. The first kappa shape index (κ1) is 13.9. The maximum Gasteiger partial charge on any atom is 0.223 e. The van der Waals surface area contributed by atoms with E-state index in [0.717, 1.165) is 12.1 Å². The van der Waals surface area contributed by atoms with Gasteiger partial charge in [0.2, 0.25) is 5.91 Å². The zero-order chi connectivity index (χ0) is 13.8. The first-order valence-electron chi connectivity index (χ1n) is 6.54. The summed E-state index contributed by atoms with van der Waals surface area (Å²) >= 11 is 0.